The molecule has 0 aliphatic carbocycles. The zero-order chi connectivity index (χ0) is 21.1. The van der Waals surface area contributed by atoms with Crippen LogP contribution in [0, 0.1) is 0 Å². The van der Waals surface area contributed by atoms with E-state index in [4.69, 9.17) is 56.1 Å². The van der Waals surface area contributed by atoms with E-state index in [1.165, 1.54) is 19.3 Å². The third kappa shape index (κ3) is 5.17. The van der Waals surface area contributed by atoms with E-state index in [0.29, 0.717) is 37.7 Å². The number of halogens is 4. The normalized spacial score (nSPS) is 16.9. The molecule has 1 aliphatic heterocycles. The molecule has 1 atom stereocenters. The minimum atomic E-state index is 0.247. The number of fused-ring (bicyclic) bond motifs is 1. The molecule has 0 saturated carbocycles. The lowest BCUT2D eigenvalue weighted by atomic mass is 9.97. The summed E-state index contributed by atoms with van der Waals surface area (Å²) in [5.74, 6) is 1.24. The molecule has 0 bridgehead atoms. The van der Waals surface area contributed by atoms with Crippen molar-refractivity contribution in [2.24, 2.45) is 0 Å². The Hall–Kier alpha value is -1.17. The van der Waals surface area contributed by atoms with E-state index in [0.717, 1.165) is 42.4 Å². The molecule has 4 rings (SSSR count). The van der Waals surface area contributed by atoms with Gasteiger partial charge < -0.3 is 15.0 Å². The van der Waals surface area contributed by atoms with Crippen molar-refractivity contribution in [3.63, 3.8) is 0 Å². The van der Waals surface area contributed by atoms with Crippen LogP contribution in [-0.2, 0) is 13.0 Å². The summed E-state index contributed by atoms with van der Waals surface area (Å²) < 4.78 is 5.81. The number of aryl methyl sites for hydroxylation is 1. The summed E-state index contributed by atoms with van der Waals surface area (Å²) in [6, 6.07) is 7.54. The molecule has 30 heavy (non-hydrogen) atoms. The third-order valence-corrected chi connectivity index (χ3v) is 6.82. The summed E-state index contributed by atoms with van der Waals surface area (Å²) in [6.45, 7) is 1.36. The van der Waals surface area contributed by atoms with Gasteiger partial charge in [-0.3, -0.25) is 0 Å². The average molecular weight is 487 g/mol. The topological polar surface area (TPSA) is 49.9 Å². The molecule has 8 heteroatoms. The van der Waals surface area contributed by atoms with Crippen LogP contribution in [0.5, 0.6) is 5.75 Å². The molecule has 0 spiro atoms. The molecular formula is C22H23Cl4N3O. The molecule has 1 aromatic heterocycles. The van der Waals surface area contributed by atoms with Crippen LogP contribution in [0.3, 0.4) is 0 Å². The minimum absolute atomic E-state index is 0.247. The zero-order valence-corrected chi connectivity index (χ0v) is 19.4. The van der Waals surface area contributed by atoms with Crippen molar-refractivity contribution < 1.29 is 4.74 Å². The largest absolute Gasteiger partial charge is 0.484 e. The summed E-state index contributed by atoms with van der Waals surface area (Å²) in [5.41, 5.74) is 2.69. The van der Waals surface area contributed by atoms with Gasteiger partial charge in [0, 0.05) is 16.6 Å². The van der Waals surface area contributed by atoms with Crippen LogP contribution in [0.2, 0.25) is 20.1 Å². The molecule has 1 fully saturated rings. The Morgan fingerprint density at radius 2 is 1.93 bits per heavy atom. The second-order valence-corrected chi connectivity index (χ2v) is 9.26. The van der Waals surface area contributed by atoms with Gasteiger partial charge in [-0.1, -0.05) is 52.8 Å². The van der Waals surface area contributed by atoms with Crippen molar-refractivity contribution in [2.75, 3.05) is 6.54 Å². The Kier molecular flexibility index (Phi) is 7.32. The van der Waals surface area contributed by atoms with E-state index in [2.05, 4.69) is 10.3 Å². The predicted molar refractivity (Wildman–Crippen MR) is 125 cm³/mol. The van der Waals surface area contributed by atoms with Crippen molar-refractivity contribution in [3.05, 3.63) is 55.7 Å². The molecule has 2 N–H and O–H groups in total. The van der Waals surface area contributed by atoms with Crippen molar-refractivity contribution in [1.82, 2.24) is 15.3 Å². The maximum atomic E-state index is 6.55. The molecule has 160 valence electrons. The number of hydrogen-bond donors (Lipinski definition) is 2. The van der Waals surface area contributed by atoms with Gasteiger partial charge in [0.15, 0.2) is 0 Å². The first-order chi connectivity index (χ1) is 14.5. The molecular weight excluding hydrogens is 464 g/mol. The van der Waals surface area contributed by atoms with E-state index in [-0.39, 0.29) is 6.61 Å². The number of nitrogens with zero attached hydrogens (tertiary/aromatic N) is 1. The van der Waals surface area contributed by atoms with Crippen LogP contribution in [0.4, 0.5) is 0 Å². The summed E-state index contributed by atoms with van der Waals surface area (Å²) in [4.78, 5) is 8.02. The minimum Gasteiger partial charge on any atom is -0.484 e. The van der Waals surface area contributed by atoms with E-state index in [1.54, 1.807) is 18.2 Å². The summed E-state index contributed by atoms with van der Waals surface area (Å²) in [6.07, 6.45) is 6.82. The third-order valence-electron chi connectivity index (χ3n) is 5.46. The van der Waals surface area contributed by atoms with Crippen LogP contribution in [-0.4, -0.2) is 22.6 Å². The highest BCUT2D eigenvalue weighted by Crippen LogP contribution is 2.34. The van der Waals surface area contributed by atoms with Crippen LogP contribution in [0.15, 0.2) is 24.3 Å². The molecule has 2 aromatic carbocycles. The molecule has 2 heterocycles. The number of nitrogens with one attached hydrogen (secondary N) is 2. The van der Waals surface area contributed by atoms with Gasteiger partial charge in [-0.2, -0.15) is 0 Å². The smallest absolute Gasteiger partial charge is 0.146 e. The van der Waals surface area contributed by atoms with Crippen molar-refractivity contribution >= 4 is 57.4 Å². The number of hydrogen-bond acceptors (Lipinski definition) is 3. The SMILES string of the molecule is Clc1ccc(OCc2nc3c(CCCC4CCCCN4)c(Cl)c(Cl)cc3[nH]2)c(Cl)c1. The second kappa shape index (κ2) is 9.97. The Balaban J connectivity index is 1.49. The van der Waals surface area contributed by atoms with Crippen LogP contribution in [0.1, 0.15) is 43.5 Å². The van der Waals surface area contributed by atoms with Gasteiger partial charge in [-0.05, 0) is 62.9 Å². The van der Waals surface area contributed by atoms with Crippen molar-refractivity contribution in [1.29, 1.82) is 0 Å². The van der Waals surface area contributed by atoms with E-state index in [1.807, 2.05) is 6.07 Å². The molecule has 0 radical (unpaired) electrons. The van der Waals surface area contributed by atoms with E-state index in [9.17, 15) is 0 Å². The van der Waals surface area contributed by atoms with Gasteiger partial charge >= 0.3 is 0 Å². The Morgan fingerprint density at radius 1 is 1.07 bits per heavy atom. The first-order valence-electron chi connectivity index (χ1n) is 10.2. The fourth-order valence-corrected chi connectivity index (χ4v) is 4.87. The van der Waals surface area contributed by atoms with Crippen molar-refractivity contribution in [3.8, 4) is 5.75 Å². The molecule has 0 amide bonds. The summed E-state index contributed by atoms with van der Waals surface area (Å²) in [5, 5.41) is 5.74. The number of piperidine rings is 1. The van der Waals surface area contributed by atoms with E-state index < -0.39 is 0 Å². The summed E-state index contributed by atoms with van der Waals surface area (Å²) in [7, 11) is 0. The highest BCUT2D eigenvalue weighted by molar-refractivity contribution is 6.43. The van der Waals surface area contributed by atoms with Gasteiger partial charge in [-0.25, -0.2) is 4.98 Å². The fraction of sp³-hybridized carbons (Fsp3) is 0.409. The highest BCUT2D eigenvalue weighted by Gasteiger charge is 2.17. The number of ether oxygens (including phenoxy) is 1. The van der Waals surface area contributed by atoms with Crippen LogP contribution in [0.25, 0.3) is 11.0 Å². The lowest BCUT2D eigenvalue weighted by molar-refractivity contribution is 0.297. The Morgan fingerprint density at radius 3 is 2.70 bits per heavy atom. The molecule has 1 unspecified atom stereocenters. The number of aromatic amines is 1. The number of benzene rings is 2. The second-order valence-electron chi connectivity index (χ2n) is 7.63. The first kappa shape index (κ1) is 22.0. The standard InChI is InChI=1S/C22H23Cl4N3O/c23-13-7-8-19(16(24)10-13)30-12-20-28-18-11-17(25)21(26)15(22(18)29-20)6-3-5-14-4-1-2-9-27-14/h7-8,10-11,14,27H,1-6,9,12H2,(H,28,29). The van der Waals surface area contributed by atoms with E-state index >= 15 is 0 Å². The lowest BCUT2D eigenvalue weighted by Crippen LogP contribution is -2.33. The number of aromatic nitrogens is 2. The number of rotatable bonds is 7. The Labute approximate surface area is 196 Å². The number of H-pyrrole nitrogens is 1. The predicted octanol–water partition coefficient (Wildman–Crippen LogP) is 7.22. The Bertz CT molecular complexity index is 1030. The molecule has 4 nitrogen and oxygen atoms in total. The lowest BCUT2D eigenvalue weighted by Gasteiger charge is -2.23. The monoisotopic (exact) mass is 485 g/mol. The maximum absolute atomic E-state index is 6.55. The van der Waals surface area contributed by atoms with Gasteiger partial charge in [0.2, 0.25) is 0 Å². The van der Waals surface area contributed by atoms with Gasteiger partial charge in [0.05, 0.1) is 26.1 Å². The van der Waals surface area contributed by atoms with Crippen molar-refractivity contribution in [2.45, 2.75) is 51.2 Å². The van der Waals surface area contributed by atoms with Crippen LogP contribution < -0.4 is 10.1 Å². The highest BCUT2D eigenvalue weighted by atomic mass is 35.5. The van der Waals surface area contributed by atoms with Gasteiger partial charge in [0.1, 0.15) is 18.2 Å². The van der Waals surface area contributed by atoms with Gasteiger partial charge in [0.25, 0.3) is 0 Å². The fourth-order valence-electron chi connectivity index (χ4n) is 3.94. The molecule has 1 saturated heterocycles. The number of imidazole rings is 1. The average Bonchev–Trinajstić information content (AvgIpc) is 3.13. The summed E-state index contributed by atoms with van der Waals surface area (Å²) >= 11 is 25.1. The first-order valence-corrected chi connectivity index (χ1v) is 11.7. The zero-order valence-electron chi connectivity index (χ0n) is 16.4. The quantitative estimate of drug-likeness (QED) is 0.370. The molecule has 1 aliphatic rings. The molecule has 3 aromatic rings. The van der Waals surface area contributed by atoms with Crippen LogP contribution >= 0.6 is 46.4 Å². The maximum Gasteiger partial charge on any atom is 0.146 e. The van der Waals surface area contributed by atoms with Gasteiger partial charge in [-0.15, -0.1) is 0 Å².